The van der Waals surface area contributed by atoms with Crippen LogP contribution in [-0.2, 0) is 10.2 Å². The van der Waals surface area contributed by atoms with Crippen LogP contribution >= 0.6 is 0 Å². The molecule has 1 aromatic heterocycles. The van der Waals surface area contributed by atoms with Gasteiger partial charge in [-0.2, -0.15) is 5.10 Å². The highest BCUT2D eigenvalue weighted by Gasteiger charge is 2.18. The predicted octanol–water partition coefficient (Wildman–Crippen LogP) is 2.08. The molecule has 0 atom stereocenters. The van der Waals surface area contributed by atoms with Gasteiger partial charge in [-0.3, -0.25) is 14.7 Å². The number of rotatable bonds is 7. The van der Waals surface area contributed by atoms with Crippen molar-refractivity contribution in [1.29, 1.82) is 0 Å². The third-order valence-corrected chi connectivity index (χ3v) is 2.97. The first-order valence-corrected chi connectivity index (χ1v) is 6.86. The lowest BCUT2D eigenvalue weighted by Crippen LogP contribution is -2.24. The first kappa shape index (κ1) is 16.2. The lowest BCUT2D eigenvalue weighted by Gasteiger charge is -2.14. The maximum absolute atomic E-state index is 11.8. The first-order chi connectivity index (χ1) is 9.30. The first-order valence-electron chi connectivity index (χ1n) is 6.86. The molecule has 6 nitrogen and oxygen atoms in total. The van der Waals surface area contributed by atoms with Gasteiger partial charge < -0.3 is 10.4 Å². The van der Waals surface area contributed by atoms with Gasteiger partial charge in [0.05, 0.1) is 0 Å². The molecule has 0 bridgehead atoms. The van der Waals surface area contributed by atoms with Gasteiger partial charge in [0.1, 0.15) is 5.69 Å². The van der Waals surface area contributed by atoms with E-state index in [2.05, 4.69) is 15.5 Å². The van der Waals surface area contributed by atoms with Gasteiger partial charge in [0.2, 0.25) is 0 Å². The summed E-state index contributed by atoms with van der Waals surface area (Å²) in [4.78, 5) is 22.2. The van der Waals surface area contributed by atoms with Crippen molar-refractivity contribution >= 4 is 11.9 Å². The Hall–Kier alpha value is -1.85. The van der Waals surface area contributed by atoms with Gasteiger partial charge in [-0.15, -0.1) is 0 Å². The summed E-state index contributed by atoms with van der Waals surface area (Å²) in [6.07, 6.45) is 2.39. The Labute approximate surface area is 119 Å². The molecule has 1 amide bonds. The molecule has 1 heterocycles. The zero-order chi connectivity index (χ0) is 15.2. The van der Waals surface area contributed by atoms with Crippen LogP contribution in [0.5, 0.6) is 0 Å². The zero-order valence-corrected chi connectivity index (χ0v) is 12.3. The fourth-order valence-electron chi connectivity index (χ4n) is 1.69. The molecule has 0 aliphatic carbocycles. The summed E-state index contributed by atoms with van der Waals surface area (Å²) >= 11 is 0. The maximum Gasteiger partial charge on any atom is 0.303 e. The number of amides is 1. The number of aromatic nitrogens is 2. The molecule has 0 aromatic carbocycles. The van der Waals surface area contributed by atoms with E-state index in [1.54, 1.807) is 6.07 Å². The molecule has 0 aliphatic heterocycles. The number of carboxylic acids is 1. The minimum atomic E-state index is -0.778. The number of nitrogens with one attached hydrogen (secondary N) is 2. The third kappa shape index (κ3) is 5.42. The zero-order valence-electron chi connectivity index (χ0n) is 12.3. The second-order valence-corrected chi connectivity index (χ2v) is 5.88. The summed E-state index contributed by atoms with van der Waals surface area (Å²) in [5, 5.41) is 18.2. The van der Waals surface area contributed by atoms with E-state index in [1.807, 2.05) is 20.8 Å². The van der Waals surface area contributed by atoms with Crippen molar-refractivity contribution in [3.8, 4) is 0 Å². The summed E-state index contributed by atoms with van der Waals surface area (Å²) in [5.74, 6) is -0.977. The molecule has 0 spiro atoms. The Kier molecular flexibility index (Phi) is 5.73. The topological polar surface area (TPSA) is 95.1 Å². The number of H-pyrrole nitrogens is 1. The van der Waals surface area contributed by atoms with E-state index in [4.69, 9.17) is 5.11 Å². The number of hydrogen-bond acceptors (Lipinski definition) is 3. The van der Waals surface area contributed by atoms with Crippen LogP contribution in [0, 0.1) is 0 Å². The predicted molar refractivity (Wildman–Crippen MR) is 75.7 cm³/mol. The molecule has 0 saturated heterocycles. The minimum Gasteiger partial charge on any atom is -0.481 e. The maximum atomic E-state index is 11.8. The number of hydrogen-bond donors (Lipinski definition) is 3. The van der Waals surface area contributed by atoms with E-state index in [-0.39, 0.29) is 17.7 Å². The van der Waals surface area contributed by atoms with Crippen LogP contribution < -0.4 is 5.32 Å². The molecule has 3 N–H and O–H groups in total. The number of carbonyl (C=O) groups is 2. The van der Waals surface area contributed by atoms with E-state index in [1.165, 1.54) is 0 Å². The van der Waals surface area contributed by atoms with Crippen LogP contribution in [0.2, 0.25) is 0 Å². The van der Waals surface area contributed by atoms with Crippen molar-refractivity contribution in [3.63, 3.8) is 0 Å². The Balaban J connectivity index is 2.29. The van der Waals surface area contributed by atoms with Crippen molar-refractivity contribution in [2.75, 3.05) is 6.54 Å². The number of carboxylic acid groups (broad SMARTS) is 1. The molecule has 0 radical (unpaired) electrons. The van der Waals surface area contributed by atoms with E-state index in [9.17, 15) is 9.59 Å². The van der Waals surface area contributed by atoms with E-state index >= 15 is 0 Å². The SMILES string of the molecule is CC(C)(C)c1cc(C(=O)NCCCCCC(=O)O)n[nH]1. The highest BCUT2D eigenvalue weighted by Crippen LogP contribution is 2.20. The van der Waals surface area contributed by atoms with Crippen LogP contribution in [0.25, 0.3) is 0 Å². The fourth-order valence-corrected chi connectivity index (χ4v) is 1.69. The second-order valence-electron chi connectivity index (χ2n) is 5.88. The lowest BCUT2D eigenvalue weighted by atomic mass is 9.92. The number of aromatic amines is 1. The van der Waals surface area contributed by atoms with E-state index in [0.717, 1.165) is 18.5 Å². The Morgan fingerprint density at radius 1 is 1.30 bits per heavy atom. The average Bonchev–Trinajstić information content (AvgIpc) is 2.82. The van der Waals surface area contributed by atoms with Gasteiger partial charge in [-0.05, 0) is 18.9 Å². The summed E-state index contributed by atoms with van der Waals surface area (Å²) in [6.45, 7) is 6.68. The summed E-state index contributed by atoms with van der Waals surface area (Å²) in [7, 11) is 0. The second kappa shape index (κ2) is 7.07. The van der Waals surface area contributed by atoms with Crippen molar-refractivity contribution < 1.29 is 14.7 Å². The van der Waals surface area contributed by atoms with Crippen LogP contribution in [0.1, 0.15) is 62.6 Å². The smallest absolute Gasteiger partial charge is 0.303 e. The Morgan fingerprint density at radius 2 is 2.00 bits per heavy atom. The van der Waals surface area contributed by atoms with Crippen LogP contribution in [0.3, 0.4) is 0 Å². The van der Waals surface area contributed by atoms with Crippen LogP contribution in [0.15, 0.2) is 6.07 Å². The van der Waals surface area contributed by atoms with Gasteiger partial charge in [0.15, 0.2) is 0 Å². The molecular formula is C14H23N3O3. The Morgan fingerprint density at radius 3 is 2.55 bits per heavy atom. The molecule has 20 heavy (non-hydrogen) atoms. The summed E-state index contributed by atoms with van der Waals surface area (Å²) < 4.78 is 0. The monoisotopic (exact) mass is 281 g/mol. The van der Waals surface area contributed by atoms with Crippen LogP contribution in [-0.4, -0.2) is 33.7 Å². The summed E-state index contributed by atoms with van der Waals surface area (Å²) in [6, 6.07) is 1.76. The molecule has 0 fully saturated rings. The van der Waals surface area contributed by atoms with Crippen molar-refractivity contribution in [2.24, 2.45) is 0 Å². The van der Waals surface area contributed by atoms with Gasteiger partial charge in [0.25, 0.3) is 5.91 Å². The molecule has 112 valence electrons. The van der Waals surface area contributed by atoms with E-state index < -0.39 is 5.97 Å². The van der Waals surface area contributed by atoms with Gasteiger partial charge in [-0.1, -0.05) is 27.2 Å². The van der Waals surface area contributed by atoms with Gasteiger partial charge >= 0.3 is 5.97 Å². The highest BCUT2D eigenvalue weighted by molar-refractivity contribution is 5.92. The van der Waals surface area contributed by atoms with Crippen LogP contribution in [0.4, 0.5) is 0 Å². The van der Waals surface area contributed by atoms with Crippen molar-refractivity contribution in [2.45, 2.75) is 51.9 Å². The van der Waals surface area contributed by atoms with Crippen molar-refractivity contribution in [1.82, 2.24) is 15.5 Å². The lowest BCUT2D eigenvalue weighted by molar-refractivity contribution is -0.137. The number of aliphatic carboxylic acids is 1. The van der Waals surface area contributed by atoms with Gasteiger partial charge in [0, 0.05) is 24.1 Å². The van der Waals surface area contributed by atoms with Crippen molar-refractivity contribution in [3.05, 3.63) is 17.5 Å². The molecule has 0 aliphatic rings. The molecule has 1 rings (SSSR count). The number of nitrogens with zero attached hydrogens (tertiary/aromatic N) is 1. The summed E-state index contributed by atoms with van der Waals surface area (Å²) in [5.41, 5.74) is 1.24. The number of carbonyl (C=O) groups excluding carboxylic acids is 1. The quantitative estimate of drug-likeness (QED) is 0.667. The minimum absolute atomic E-state index is 0.0671. The standard InChI is InChI=1S/C14H23N3O3/c1-14(2,3)11-9-10(16-17-11)13(20)15-8-6-4-5-7-12(18)19/h9H,4-8H2,1-3H3,(H,15,20)(H,16,17)(H,18,19). The van der Waals surface area contributed by atoms with Gasteiger partial charge in [-0.25, -0.2) is 0 Å². The molecule has 0 unspecified atom stereocenters. The fraction of sp³-hybridized carbons (Fsp3) is 0.643. The molecule has 1 aromatic rings. The normalized spacial score (nSPS) is 11.3. The highest BCUT2D eigenvalue weighted by atomic mass is 16.4. The third-order valence-electron chi connectivity index (χ3n) is 2.97. The number of unbranched alkanes of at least 4 members (excludes halogenated alkanes) is 2. The molecule has 6 heteroatoms. The average molecular weight is 281 g/mol. The molecular weight excluding hydrogens is 258 g/mol. The largest absolute Gasteiger partial charge is 0.481 e. The molecule has 0 saturated carbocycles. The Bertz CT molecular complexity index is 460. The van der Waals surface area contributed by atoms with E-state index in [0.29, 0.717) is 18.7 Å².